The minimum atomic E-state index is -0.690. The maximum absolute atomic E-state index is 9.97. The summed E-state index contributed by atoms with van der Waals surface area (Å²) in [6, 6.07) is 0. The zero-order valence-electron chi connectivity index (χ0n) is 15.3. The van der Waals surface area contributed by atoms with Gasteiger partial charge in [-0.25, -0.2) is 0 Å². The molecule has 3 atom stereocenters. The van der Waals surface area contributed by atoms with Crippen molar-refractivity contribution in [2.24, 2.45) is 17.8 Å². The molecule has 0 aromatic heterocycles. The van der Waals surface area contributed by atoms with Crippen LogP contribution in [0.1, 0.15) is 92.4 Å². The average molecular weight is 297 g/mol. The summed E-state index contributed by atoms with van der Waals surface area (Å²) in [6.07, 6.45) is 13.3. The Labute approximate surface area is 134 Å². The van der Waals surface area contributed by atoms with Gasteiger partial charge < -0.3 is 5.11 Å². The van der Waals surface area contributed by atoms with Crippen LogP contribution in [0.2, 0.25) is 0 Å². The van der Waals surface area contributed by atoms with E-state index in [1.54, 1.807) is 6.08 Å². The zero-order chi connectivity index (χ0) is 16.3. The lowest BCUT2D eigenvalue weighted by Gasteiger charge is -2.23. The van der Waals surface area contributed by atoms with Gasteiger partial charge in [-0.2, -0.15) is 0 Å². The van der Waals surface area contributed by atoms with E-state index in [0.717, 1.165) is 18.3 Å². The quantitative estimate of drug-likeness (QED) is 0.309. The van der Waals surface area contributed by atoms with Gasteiger partial charge in [0, 0.05) is 0 Å². The normalized spacial score (nSPS) is 17.5. The van der Waals surface area contributed by atoms with Gasteiger partial charge in [0.2, 0.25) is 0 Å². The van der Waals surface area contributed by atoms with E-state index in [0.29, 0.717) is 5.92 Å². The first-order valence-corrected chi connectivity index (χ1v) is 9.12. The van der Waals surface area contributed by atoms with Crippen molar-refractivity contribution in [1.29, 1.82) is 0 Å². The second kappa shape index (κ2) is 11.3. The van der Waals surface area contributed by atoms with Crippen molar-refractivity contribution in [3.63, 3.8) is 0 Å². The number of hydrogen-bond acceptors (Lipinski definition) is 1. The van der Waals surface area contributed by atoms with Crippen molar-refractivity contribution in [3.05, 3.63) is 12.7 Å². The molecule has 0 amide bonds. The Hall–Kier alpha value is -0.300. The fourth-order valence-corrected chi connectivity index (χ4v) is 3.07. The summed E-state index contributed by atoms with van der Waals surface area (Å²) in [4.78, 5) is 0. The second-order valence-corrected chi connectivity index (χ2v) is 7.94. The largest absolute Gasteiger partial charge is 0.386 e. The average Bonchev–Trinajstić information content (AvgIpc) is 2.37. The van der Waals surface area contributed by atoms with Crippen LogP contribution in [0, 0.1) is 17.8 Å². The SMILES string of the molecule is C=CC(C)(O)CC(C)CCCCCC(C)CCCC(C)C. The number of hydrogen-bond donors (Lipinski definition) is 1. The molecule has 1 heteroatoms. The molecule has 0 saturated carbocycles. The maximum Gasteiger partial charge on any atom is 0.0799 e. The highest BCUT2D eigenvalue weighted by Crippen LogP contribution is 2.23. The predicted octanol–water partition coefficient (Wildman–Crippen LogP) is 6.36. The van der Waals surface area contributed by atoms with Crippen molar-refractivity contribution in [1.82, 2.24) is 0 Å². The first kappa shape index (κ1) is 20.7. The molecule has 0 fully saturated rings. The molecule has 0 radical (unpaired) electrons. The van der Waals surface area contributed by atoms with E-state index in [1.807, 2.05) is 6.92 Å². The molecule has 0 aliphatic heterocycles. The highest BCUT2D eigenvalue weighted by molar-refractivity contribution is 4.92. The summed E-state index contributed by atoms with van der Waals surface area (Å²) >= 11 is 0. The van der Waals surface area contributed by atoms with Crippen LogP contribution in [0.5, 0.6) is 0 Å². The Morgan fingerprint density at radius 2 is 1.38 bits per heavy atom. The van der Waals surface area contributed by atoms with Gasteiger partial charge in [0.05, 0.1) is 5.60 Å². The van der Waals surface area contributed by atoms with Crippen molar-refractivity contribution < 1.29 is 5.11 Å². The minimum absolute atomic E-state index is 0.585. The molecular formula is C20H40O. The first-order chi connectivity index (χ1) is 9.76. The van der Waals surface area contributed by atoms with Crippen molar-refractivity contribution in [2.75, 3.05) is 0 Å². The molecule has 0 aromatic rings. The summed E-state index contributed by atoms with van der Waals surface area (Å²) < 4.78 is 0. The summed E-state index contributed by atoms with van der Waals surface area (Å²) in [5, 5.41) is 9.97. The molecule has 0 spiro atoms. The summed E-state index contributed by atoms with van der Waals surface area (Å²) in [6.45, 7) is 14.8. The molecule has 0 bridgehead atoms. The van der Waals surface area contributed by atoms with E-state index in [1.165, 1.54) is 51.4 Å². The van der Waals surface area contributed by atoms with Gasteiger partial charge in [0.25, 0.3) is 0 Å². The number of rotatable bonds is 13. The molecule has 126 valence electrons. The van der Waals surface area contributed by atoms with Crippen LogP contribution in [-0.2, 0) is 0 Å². The monoisotopic (exact) mass is 296 g/mol. The van der Waals surface area contributed by atoms with E-state index < -0.39 is 5.60 Å². The zero-order valence-corrected chi connectivity index (χ0v) is 15.3. The Morgan fingerprint density at radius 3 is 1.90 bits per heavy atom. The topological polar surface area (TPSA) is 20.2 Å². The summed E-state index contributed by atoms with van der Waals surface area (Å²) in [7, 11) is 0. The van der Waals surface area contributed by atoms with Gasteiger partial charge in [0.1, 0.15) is 0 Å². The van der Waals surface area contributed by atoms with Crippen molar-refractivity contribution >= 4 is 0 Å². The van der Waals surface area contributed by atoms with Gasteiger partial charge in [-0.1, -0.05) is 85.1 Å². The maximum atomic E-state index is 9.97. The Bertz CT molecular complexity index is 255. The smallest absolute Gasteiger partial charge is 0.0799 e. The number of unbranched alkanes of at least 4 members (excludes halogenated alkanes) is 2. The van der Waals surface area contributed by atoms with E-state index in [4.69, 9.17) is 0 Å². The van der Waals surface area contributed by atoms with Gasteiger partial charge >= 0.3 is 0 Å². The van der Waals surface area contributed by atoms with Crippen LogP contribution in [0.3, 0.4) is 0 Å². The Balaban J connectivity index is 3.52. The van der Waals surface area contributed by atoms with Gasteiger partial charge in [0.15, 0.2) is 0 Å². The molecule has 0 heterocycles. The Kier molecular flexibility index (Phi) is 11.1. The lowest BCUT2D eigenvalue weighted by Crippen LogP contribution is -2.23. The highest BCUT2D eigenvalue weighted by Gasteiger charge is 2.18. The van der Waals surface area contributed by atoms with Crippen LogP contribution < -0.4 is 0 Å². The van der Waals surface area contributed by atoms with Crippen LogP contribution in [0.15, 0.2) is 12.7 Å². The van der Waals surface area contributed by atoms with E-state index in [9.17, 15) is 5.11 Å². The van der Waals surface area contributed by atoms with Gasteiger partial charge in [-0.05, 0) is 31.1 Å². The lowest BCUT2D eigenvalue weighted by atomic mass is 9.89. The third kappa shape index (κ3) is 13.1. The molecule has 0 aliphatic rings. The standard InChI is InChI=1S/C20H40O/c1-7-20(6,21)16-19(5)14-10-8-9-13-18(4)15-11-12-17(2)3/h7,17-19,21H,1,8-16H2,2-6H3. The Morgan fingerprint density at radius 1 is 0.857 bits per heavy atom. The fraction of sp³-hybridized carbons (Fsp3) is 0.900. The van der Waals surface area contributed by atoms with Crippen LogP contribution >= 0.6 is 0 Å². The second-order valence-electron chi connectivity index (χ2n) is 7.94. The molecular weight excluding hydrogens is 256 g/mol. The molecule has 1 nitrogen and oxygen atoms in total. The van der Waals surface area contributed by atoms with E-state index >= 15 is 0 Å². The summed E-state index contributed by atoms with van der Waals surface area (Å²) in [5.41, 5.74) is -0.690. The summed E-state index contributed by atoms with van der Waals surface area (Å²) in [5.74, 6) is 2.33. The number of aliphatic hydroxyl groups is 1. The van der Waals surface area contributed by atoms with Crippen LogP contribution in [0.25, 0.3) is 0 Å². The van der Waals surface area contributed by atoms with E-state index in [2.05, 4.69) is 34.3 Å². The predicted molar refractivity (Wildman–Crippen MR) is 95.5 cm³/mol. The molecule has 0 aliphatic carbocycles. The molecule has 3 unspecified atom stereocenters. The first-order valence-electron chi connectivity index (χ1n) is 9.12. The van der Waals surface area contributed by atoms with Crippen LogP contribution in [0.4, 0.5) is 0 Å². The third-order valence-electron chi connectivity index (χ3n) is 4.57. The van der Waals surface area contributed by atoms with Gasteiger partial charge in [-0.3, -0.25) is 0 Å². The minimum Gasteiger partial charge on any atom is -0.386 e. The molecule has 21 heavy (non-hydrogen) atoms. The fourth-order valence-electron chi connectivity index (χ4n) is 3.07. The molecule has 1 N–H and O–H groups in total. The van der Waals surface area contributed by atoms with Crippen LogP contribution in [-0.4, -0.2) is 10.7 Å². The van der Waals surface area contributed by atoms with Crippen molar-refractivity contribution in [2.45, 2.75) is 98.0 Å². The highest BCUT2D eigenvalue weighted by atomic mass is 16.3. The van der Waals surface area contributed by atoms with E-state index in [-0.39, 0.29) is 0 Å². The third-order valence-corrected chi connectivity index (χ3v) is 4.57. The van der Waals surface area contributed by atoms with Crippen molar-refractivity contribution in [3.8, 4) is 0 Å². The molecule has 0 saturated heterocycles. The lowest BCUT2D eigenvalue weighted by molar-refractivity contribution is 0.0831. The molecule has 0 aromatic carbocycles. The van der Waals surface area contributed by atoms with Gasteiger partial charge in [-0.15, -0.1) is 6.58 Å². The molecule has 0 rings (SSSR count).